The maximum atomic E-state index is 13.3. The number of benzene rings is 2. The third-order valence-electron chi connectivity index (χ3n) is 8.03. The van der Waals surface area contributed by atoms with Gasteiger partial charge in [0.1, 0.15) is 0 Å². The highest BCUT2D eigenvalue weighted by Crippen LogP contribution is 2.45. The Bertz CT molecular complexity index is 1070. The lowest BCUT2D eigenvalue weighted by atomic mass is 9.70. The van der Waals surface area contributed by atoms with Gasteiger partial charge in [0.25, 0.3) is 0 Å². The van der Waals surface area contributed by atoms with Gasteiger partial charge < -0.3 is 10.4 Å². The second-order valence-corrected chi connectivity index (χ2v) is 10.5. The van der Waals surface area contributed by atoms with Crippen LogP contribution in [-0.2, 0) is 22.7 Å². The van der Waals surface area contributed by atoms with Crippen molar-refractivity contribution in [3.8, 4) is 0 Å². The number of carbonyl (C=O) groups excluding carboxylic acids is 1. The number of piperidine rings is 1. The number of likely N-dealkylation sites (tertiary alicyclic amines) is 1. The highest BCUT2D eigenvalue weighted by atomic mass is 19.4. The van der Waals surface area contributed by atoms with Gasteiger partial charge in [0, 0.05) is 24.5 Å². The van der Waals surface area contributed by atoms with E-state index in [1.807, 2.05) is 18.2 Å². The van der Waals surface area contributed by atoms with Gasteiger partial charge in [-0.25, -0.2) is 0 Å². The maximum Gasteiger partial charge on any atom is 0.416 e. The summed E-state index contributed by atoms with van der Waals surface area (Å²) in [7, 11) is 0. The Morgan fingerprint density at radius 1 is 0.921 bits per heavy atom. The molecule has 1 unspecified atom stereocenters. The van der Waals surface area contributed by atoms with Crippen LogP contribution in [0.3, 0.4) is 0 Å². The number of rotatable bonds is 5. The first kappa shape index (κ1) is 28.4. The van der Waals surface area contributed by atoms with Crippen LogP contribution in [0.1, 0.15) is 73.7 Å². The molecule has 4 nitrogen and oxygen atoms in total. The highest BCUT2D eigenvalue weighted by molar-refractivity contribution is 5.79. The van der Waals surface area contributed by atoms with Crippen LogP contribution in [0.2, 0.25) is 0 Å². The van der Waals surface area contributed by atoms with Gasteiger partial charge in [-0.1, -0.05) is 30.3 Å². The summed E-state index contributed by atoms with van der Waals surface area (Å²) in [6.07, 6.45) is -6.45. The summed E-state index contributed by atoms with van der Waals surface area (Å²) in [5.41, 5.74) is -2.19. The first-order chi connectivity index (χ1) is 17.8. The van der Waals surface area contributed by atoms with Gasteiger partial charge in [-0.05, 0) is 74.8 Å². The quantitative estimate of drug-likeness (QED) is 0.428. The van der Waals surface area contributed by atoms with Crippen LogP contribution < -0.4 is 5.32 Å². The zero-order valence-electron chi connectivity index (χ0n) is 21.1. The number of nitrogens with zero attached hydrogens (tertiary/aromatic N) is 1. The molecule has 2 N–H and O–H groups in total. The Hall–Kier alpha value is -2.59. The average Bonchev–Trinajstić information content (AvgIpc) is 2.88. The van der Waals surface area contributed by atoms with Gasteiger partial charge >= 0.3 is 12.4 Å². The zero-order valence-corrected chi connectivity index (χ0v) is 21.1. The number of aliphatic hydroxyl groups excluding tert-OH is 1. The Labute approximate surface area is 218 Å². The van der Waals surface area contributed by atoms with Gasteiger partial charge in [0.05, 0.1) is 23.3 Å². The van der Waals surface area contributed by atoms with E-state index in [-0.39, 0.29) is 29.2 Å². The summed E-state index contributed by atoms with van der Waals surface area (Å²) >= 11 is 0. The van der Waals surface area contributed by atoms with Crippen LogP contribution in [0.5, 0.6) is 0 Å². The van der Waals surface area contributed by atoms with E-state index in [1.54, 1.807) is 0 Å². The first-order valence-electron chi connectivity index (χ1n) is 12.9. The number of nitrogens with one attached hydrogen (secondary N) is 1. The number of aliphatic hydroxyl groups is 1. The Morgan fingerprint density at radius 3 is 1.95 bits per heavy atom. The minimum absolute atomic E-state index is 0.0853. The van der Waals surface area contributed by atoms with E-state index >= 15 is 0 Å². The fourth-order valence-electron chi connectivity index (χ4n) is 5.83. The minimum atomic E-state index is -4.95. The molecule has 10 heteroatoms. The van der Waals surface area contributed by atoms with Gasteiger partial charge in [0.2, 0.25) is 5.91 Å². The lowest BCUT2D eigenvalue weighted by molar-refractivity contribution is -0.143. The van der Waals surface area contributed by atoms with E-state index in [9.17, 15) is 36.2 Å². The smallest absolute Gasteiger partial charge is 0.393 e. The van der Waals surface area contributed by atoms with Crippen molar-refractivity contribution < 1.29 is 36.2 Å². The number of amides is 1. The van der Waals surface area contributed by atoms with Crippen molar-refractivity contribution in [1.82, 2.24) is 10.2 Å². The van der Waals surface area contributed by atoms with Crippen molar-refractivity contribution in [2.24, 2.45) is 5.92 Å². The summed E-state index contributed by atoms with van der Waals surface area (Å²) < 4.78 is 79.6. The molecule has 4 rings (SSSR count). The lowest BCUT2D eigenvalue weighted by Gasteiger charge is -2.50. The number of hydrogen-bond donors (Lipinski definition) is 2. The van der Waals surface area contributed by atoms with Crippen molar-refractivity contribution in [2.75, 3.05) is 13.1 Å². The summed E-state index contributed by atoms with van der Waals surface area (Å²) in [6, 6.07) is 10.4. The van der Waals surface area contributed by atoms with Gasteiger partial charge in [-0.3, -0.25) is 9.69 Å². The molecule has 1 aliphatic heterocycles. The van der Waals surface area contributed by atoms with Crippen molar-refractivity contribution >= 4 is 5.91 Å². The van der Waals surface area contributed by atoms with Gasteiger partial charge in [0.15, 0.2) is 0 Å². The SMILES string of the molecule is CC(NC(=O)C1CCC(c2ccccc2)(N2CCC(O)CC2)CC1)c1cc(C(F)(F)F)cc(C(F)(F)F)c1. The Balaban J connectivity index is 1.49. The normalized spacial score (nSPS) is 24.7. The first-order valence-corrected chi connectivity index (χ1v) is 12.9. The second-order valence-electron chi connectivity index (χ2n) is 10.5. The number of halogens is 6. The molecule has 0 bridgehead atoms. The summed E-state index contributed by atoms with van der Waals surface area (Å²) in [6.45, 7) is 2.87. The molecule has 1 saturated carbocycles. The molecule has 1 aliphatic carbocycles. The predicted molar refractivity (Wildman–Crippen MR) is 130 cm³/mol. The van der Waals surface area contributed by atoms with Gasteiger partial charge in [-0.15, -0.1) is 0 Å². The monoisotopic (exact) mass is 542 g/mol. The van der Waals surface area contributed by atoms with E-state index in [1.165, 1.54) is 6.92 Å². The molecule has 0 spiro atoms. The number of hydrogen-bond acceptors (Lipinski definition) is 3. The van der Waals surface area contributed by atoms with Crippen LogP contribution >= 0.6 is 0 Å². The van der Waals surface area contributed by atoms with E-state index in [2.05, 4.69) is 22.3 Å². The third kappa shape index (κ3) is 6.17. The second kappa shape index (κ2) is 10.9. The van der Waals surface area contributed by atoms with Crippen molar-refractivity contribution in [3.05, 3.63) is 70.8 Å². The molecule has 2 aliphatic rings. The fraction of sp³-hybridized carbons (Fsp3) is 0.536. The van der Waals surface area contributed by atoms with E-state index in [0.29, 0.717) is 50.7 Å². The third-order valence-corrected chi connectivity index (χ3v) is 8.03. The summed E-state index contributed by atoms with van der Waals surface area (Å²) in [4.78, 5) is 15.5. The highest BCUT2D eigenvalue weighted by Gasteiger charge is 2.44. The topological polar surface area (TPSA) is 52.6 Å². The summed E-state index contributed by atoms with van der Waals surface area (Å²) in [5.74, 6) is -0.781. The minimum Gasteiger partial charge on any atom is -0.393 e. The molecule has 38 heavy (non-hydrogen) atoms. The lowest BCUT2D eigenvalue weighted by Crippen LogP contribution is -2.53. The molecule has 1 atom stereocenters. The standard InChI is InChI=1S/C28H32F6N2O2/c1-18(20-15-22(27(29,30)31)17-23(16-20)28(32,33)34)35-25(38)19-7-11-26(12-8-19,21-5-3-2-4-6-21)36-13-9-24(37)10-14-36/h2-6,15-19,24,37H,7-14H2,1H3,(H,35,38). The van der Waals surface area contributed by atoms with Gasteiger partial charge in [-0.2, -0.15) is 26.3 Å². The molecule has 2 aromatic rings. The fourth-order valence-corrected chi connectivity index (χ4v) is 5.83. The van der Waals surface area contributed by atoms with E-state index in [0.717, 1.165) is 18.7 Å². The maximum absolute atomic E-state index is 13.3. The molecule has 1 saturated heterocycles. The van der Waals surface area contributed by atoms with Crippen molar-refractivity contribution in [1.29, 1.82) is 0 Å². The van der Waals surface area contributed by atoms with Crippen LogP contribution in [0, 0.1) is 5.92 Å². The zero-order chi connectivity index (χ0) is 27.7. The van der Waals surface area contributed by atoms with Crippen LogP contribution in [0.4, 0.5) is 26.3 Å². The molecule has 2 aromatic carbocycles. The van der Waals surface area contributed by atoms with Crippen molar-refractivity contribution in [3.63, 3.8) is 0 Å². The molecule has 1 heterocycles. The molecular weight excluding hydrogens is 510 g/mol. The predicted octanol–water partition coefficient (Wildman–Crippen LogP) is 6.44. The molecule has 2 fully saturated rings. The molecule has 1 amide bonds. The van der Waals surface area contributed by atoms with Crippen LogP contribution in [-0.4, -0.2) is 35.1 Å². The molecular formula is C28H32F6N2O2. The van der Waals surface area contributed by atoms with Crippen LogP contribution in [0.25, 0.3) is 0 Å². The number of alkyl halides is 6. The Morgan fingerprint density at radius 2 is 1.45 bits per heavy atom. The Kier molecular flexibility index (Phi) is 8.14. The number of carbonyl (C=O) groups is 1. The largest absolute Gasteiger partial charge is 0.416 e. The molecule has 208 valence electrons. The van der Waals surface area contributed by atoms with Crippen molar-refractivity contribution in [2.45, 2.75) is 75.5 Å². The van der Waals surface area contributed by atoms with E-state index in [4.69, 9.17) is 0 Å². The summed E-state index contributed by atoms with van der Waals surface area (Å²) in [5, 5.41) is 12.6. The molecule has 0 aromatic heterocycles. The molecule has 0 radical (unpaired) electrons. The van der Waals surface area contributed by atoms with E-state index < -0.39 is 35.4 Å². The average molecular weight is 543 g/mol. The van der Waals surface area contributed by atoms with Crippen LogP contribution in [0.15, 0.2) is 48.5 Å².